The van der Waals surface area contributed by atoms with Gasteiger partial charge in [0.1, 0.15) is 18.8 Å². The lowest BCUT2D eigenvalue weighted by Crippen LogP contribution is -2.36. The summed E-state index contributed by atoms with van der Waals surface area (Å²) in [7, 11) is 0. The Morgan fingerprint density at radius 2 is 1.58 bits per heavy atom. The van der Waals surface area contributed by atoms with E-state index in [1.807, 2.05) is 48.5 Å². The van der Waals surface area contributed by atoms with Crippen LogP contribution in [0.1, 0.15) is 28.7 Å². The monoisotopic (exact) mass is 423 g/mol. The quantitative estimate of drug-likeness (QED) is 0.487. The molecule has 0 heterocycles. The molecule has 2 unspecified atom stereocenters. The van der Waals surface area contributed by atoms with Gasteiger partial charge in [0.05, 0.1) is 0 Å². The summed E-state index contributed by atoms with van der Waals surface area (Å²) in [6.07, 6.45) is -3.80. The van der Waals surface area contributed by atoms with E-state index >= 15 is 0 Å². The van der Waals surface area contributed by atoms with E-state index in [-0.39, 0.29) is 24.6 Å². The molecule has 4 rings (SSSR count). The number of para-hydroxylation sites is 1. The van der Waals surface area contributed by atoms with Gasteiger partial charge in [0.15, 0.2) is 11.6 Å². The average molecular weight is 423 g/mol. The molecule has 0 radical (unpaired) electrons. The molecule has 3 aromatic carbocycles. The third-order valence-corrected chi connectivity index (χ3v) is 5.50. The molecule has 0 bridgehead atoms. The predicted octanol–water partition coefficient (Wildman–Crippen LogP) is 3.46. The van der Waals surface area contributed by atoms with Gasteiger partial charge in [0, 0.05) is 18.0 Å². The van der Waals surface area contributed by atoms with E-state index in [0.29, 0.717) is 0 Å². The van der Waals surface area contributed by atoms with Crippen LogP contribution in [-0.4, -0.2) is 40.7 Å². The van der Waals surface area contributed by atoms with Crippen molar-refractivity contribution in [1.82, 2.24) is 5.32 Å². The summed E-state index contributed by atoms with van der Waals surface area (Å²) in [5, 5.41) is 32.4. The number of phenols is 1. The number of aliphatic hydroxyl groups excluding tert-OH is 2. The summed E-state index contributed by atoms with van der Waals surface area (Å²) >= 11 is 0. The van der Waals surface area contributed by atoms with Crippen LogP contribution in [0.2, 0.25) is 0 Å². The van der Waals surface area contributed by atoms with Gasteiger partial charge in [-0.25, -0.2) is 9.18 Å². The molecule has 6 nitrogen and oxygen atoms in total. The molecule has 4 N–H and O–H groups in total. The van der Waals surface area contributed by atoms with Crippen molar-refractivity contribution in [3.8, 4) is 16.9 Å². The molecule has 0 aromatic heterocycles. The molecule has 0 saturated carbocycles. The predicted molar refractivity (Wildman–Crippen MR) is 112 cm³/mol. The number of ether oxygens (including phenoxy) is 1. The van der Waals surface area contributed by atoms with E-state index < -0.39 is 29.9 Å². The summed E-state index contributed by atoms with van der Waals surface area (Å²) < 4.78 is 18.8. The van der Waals surface area contributed by atoms with Gasteiger partial charge in [-0.2, -0.15) is 0 Å². The molecular weight excluding hydrogens is 401 g/mol. The largest absolute Gasteiger partial charge is 0.505 e. The van der Waals surface area contributed by atoms with Gasteiger partial charge in [-0.15, -0.1) is 0 Å². The van der Waals surface area contributed by atoms with Crippen LogP contribution in [0.5, 0.6) is 5.75 Å². The van der Waals surface area contributed by atoms with Crippen LogP contribution in [0.15, 0.2) is 66.7 Å². The summed E-state index contributed by atoms with van der Waals surface area (Å²) in [6, 6.07) is 19.5. The number of benzene rings is 3. The first-order valence-corrected chi connectivity index (χ1v) is 9.89. The normalized spacial score (nSPS) is 14.4. The number of carbonyl (C=O) groups excluding carboxylic acids is 1. The zero-order chi connectivity index (χ0) is 22.0. The third kappa shape index (κ3) is 4.10. The smallest absolute Gasteiger partial charge is 0.407 e. The number of rotatable bonds is 6. The highest BCUT2D eigenvalue weighted by Crippen LogP contribution is 2.44. The molecule has 0 aliphatic heterocycles. The van der Waals surface area contributed by atoms with Crippen molar-refractivity contribution in [2.24, 2.45) is 0 Å². The summed E-state index contributed by atoms with van der Waals surface area (Å²) in [5.41, 5.74) is 4.21. The van der Waals surface area contributed by atoms with Crippen LogP contribution in [-0.2, 0) is 4.74 Å². The fourth-order valence-electron chi connectivity index (χ4n) is 3.93. The Bertz CT molecular complexity index is 1060. The van der Waals surface area contributed by atoms with Crippen LogP contribution in [0.3, 0.4) is 0 Å². The second-order valence-electron chi connectivity index (χ2n) is 7.40. The topological polar surface area (TPSA) is 99.0 Å². The van der Waals surface area contributed by atoms with E-state index in [9.17, 15) is 24.5 Å². The van der Waals surface area contributed by atoms with Gasteiger partial charge in [-0.1, -0.05) is 60.7 Å². The van der Waals surface area contributed by atoms with Gasteiger partial charge in [-0.05, 0) is 28.3 Å². The molecule has 31 heavy (non-hydrogen) atoms. The number of aliphatic hydroxyl groups is 2. The van der Waals surface area contributed by atoms with Crippen molar-refractivity contribution < 1.29 is 29.2 Å². The molecular formula is C24H22FNO5. The van der Waals surface area contributed by atoms with Gasteiger partial charge >= 0.3 is 6.09 Å². The van der Waals surface area contributed by atoms with Gasteiger partial charge < -0.3 is 25.4 Å². The van der Waals surface area contributed by atoms with Crippen LogP contribution < -0.4 is 5.32 Å². The maximum Gasteiger partial charge on any atom is 0.407 e. The van der Waals surface area contributed by atoms with Crippen LogP contribution >= 0.6 is 0 Å². The first-order valence-electron chi connectivity index (χ1n) is 9.89. The standard InChI is InChI=1S/C24H22FNO5/c25-20-11-5-10-18(22(20)28)23(29)21(27)12-26-24(30)31-13-19-16-8-3-1-6-14(16)15-7-2-4-9-17(15)19/h1-11,19,21,23,27-29H,12-13H2,(H,26,30). The highest BCUT2D eigenvalue weighted by atomic mass is 19.1. The molecule has 0 saturated heterocycles. The number of halogens is 1. The Hall–Kier alpha value is -3.42. The minimum absolute atomic E-state index is 0.0992. The zero-order valence-electron chi connectivity index (χ0n) is 16.5. The van der Waals surface area contributed by atoms with Gasteiger partial charge in [0.25, 0.3) is 0 Å². The number of nitrogens with one attached hydrogen (secondary N) is 1. The summed E-state index contributed by atoms with van der Waals surface area (Å²) in [6.45, 7) is -0.225. The van der Waals surface area contributed by atoms with Crippen molar-refractivity contribution in [1.29, 1.82) is 0 Å². The Kier molecular flexibility index (Phi) is 5.88. The number of hydrogen-bond donors (Lipinski definition) is 4. The van der Waals surface area contributed by atoms with Crippen molar-refractivity contribution in [3.63, 3.8) is 0 Å². The number of aromatic hydroxyl groups is 1. The highest BCUT2D eigenvalue weighted by molar-refractivity contribution is 5.79. The molecule has 1 aliphatic carbocycles. The molecule has 3 aromatic rings. The Labute approximate surface area is 178 Å². The lowest BCUT2D eigenvalue weighted by Gasteiger charge is -2.20. The number of alkyl carbamates (subject to hydrolysis) is 1. The number of phenolic OH excluding ortho intramolecular Hbond substituents is 1. The minimum Gasteiger partial charge on any atom is -0.505 e. The molecule has 2 atom stereocenters. The van der Waals surface area contributed by atoms with Crippen LogP contribution in [0.4, 0.5) is 9.18 Å². The molecule has 1 aliphatic rings. The Balaban J connectivity index is 1.35. The molecule has 160 valence electrons. The fraction of sp³-hybridized carbons (Fsp3) is 0.208. The summed E-state index contributed by atoms with van der Waals surface area (Å²) in [4.78, 5) is 12.2. The first kappa shape index (κ1) is 20.8. The first-order chi connectivity index (χ1) is 15.0. The number of amides is 1. The van der Waals surface area contributed by atoms with E-state index in [4.69, 9.17) is 4.74 Å². The summed E-state index contributed by atoms with van der Waals surface area (Å²) in [5.74, 6) is -1.75. The second kappa shape index (κ2) is 8.75. The second-order valence-corrected chi connectivity index (χ2v) is 7.40. The lowest BCUT2D eigenvalue weighted by atomic mass is 9.98. The van der Waals surface area contributed by atoms with Crippen molar-refractivity contribution in [2.75, 3.05) is 13.2 Å². The fourth-order valence-corrected chi connectivity index (χ4v) is 3.93. The van der Waals surface area contributed by atoms with Crippen molar-refractivity contribution >= 4 is 6.09 Å². The van der Waals surface area contributed by atoms with E-state index in [0.717, 1.165) is 28.3 Å². The van der Waals surface area contributed by atoms with Crippen LogP contribution in [0, 0.1) is 5.82 Å². The van der Waals surface area contributed by atoms with Gasteiger partial charge in [-0.3, -0.25) is 0 Å². The maximum atomic E-state index is 13.4. The molecule has 0 spiro atoms. The number of hydrogen-bond acceptors (Lipinski definition) is 5. The Morgan fingerprint density at radius 3 is 2.23 bits per heavy atom. The average Bonchev–Trinajstić information content (AvgIpc) is 3.11. The number of carbonyl (C=O) groups is 1. The molecule has 7 heteroatoms. The lowest BCUT2D eigenvalue weighted by molar-refractivity contribution is 0.0170. The maximum absolute atomic E-state index is 13.4. The van der Waals surface area contributed by atoms with E-state index in [1.165, 1.54) is 12.1 Å². The zero-order valence-corrected chi connectivity index (χ0v) is 16.5. The van der Waals surface area contributed by atoms with Gasteiger partial charge in [0.2, 0.25) is 0 Å². The third-order valence-electron chi connectivity index (χ3n) is 5.50. The van der Waals surface area contributed by atoms with Crippen molar-refractivity contribution in [3.05, 3.63) is 89.2 Å². The Morgan fingerprint density at radius 1 is 0.968 bits per heavy atom. The molecule has 0 fully saturated rings. The van der Waals surface area contributed by atoms with Crippen LogP contribution in [0.25, 0.3) is 11.1 Å². The number of fused-ring (bicyclic) bond motifs is 3. The minimum atomic E-state index is -1.58. The molecule has 1 amide bonds. The van der Waals surface area contributed by atoms with Crippen molar-refractivity contribution in [2.45, 2.75) is 18.1 Å². The SMILES string of the molecule is O=C(NCC(O)C(O)c1cccc(F)c1O)OCC1c2ccccc2-c2ccccc21. The van der Waals surface area contributed by atoms with E-state index in [1.54, 1.807) is 0 Å². The highest BCUT2D eigenvalue weighted by Gasteiger charge is 2.29. The van der Waals surface area contributed by atoms with E-state index in [2.05, 4.69) is 5.32 Å².